The van der Waals surface area contributed by atoms with Gasteiger partial charge in [0.05, 0.1) is 42.2 Å². The minimum Gasteiger partial charge on any atom is -0.393 e. The second-order valence-corrected chi connectivity index (χ2v) is 21.6. The van der Waals surface area contributed by atoms with Gasteiger partial charge in [-0.1, -0.05) is 67.9 Å². The molecule has 444 valence electrons. The van der Waals surface area contributed by atoms with E-state index in [4.69, 9.17) is 40.3 Å². The molecule has 1 saturated heterocycles. The first-order valence-corrected chi connectivity index (χ1v) is 27.9. The molecular weight excluding hydrogens is 1050 g/mol. The van der Waals surface area contributed by atoms with Crippen LogP contribution >= 0.6 is 11.6 Å². The molecule has 3 rings (SSSR count). The SMILES string of the molecule is CC(C)C[C@@H]1NC(=O)[C@@H](Cc2ccccc2)CC(=O)[C@H](CCN)NC(=O)[C@@H](CC(=O)[C@H](CN)NC(=O)[C@@H](CC(=O)C[C@@H](CN)c2cccc(Cl)c2)[C@@H](C)O)CCNC(=O)[C@H]([C@@H](C)O)CC(=O)[C@H](CCN)NC(=O)[C@H](CCN)NC1=O. The van der Waals surface area contributed by atoms with E-state index in [1.807, 2.05) is 13.8 Å². The van der Waals surface area contributed by atoms with E-state index in [0.717, 1.165) is 0 Å². The molecule has 1 aliphatic heterocycles. The number of hydrogen-bond acceptors (Lipinski definition) is 17. The van der Waals surface area contributed by atoms with Gasteiger partial charge >= 0.3 is 0 Å². The number of benzene rings is 2. The second-order valence-electron chi connectivity index (χ2n) is 21.2. The zero-order valence-electron chi connectivity index (χ0n) is 46.5. The van der Waals surface area contributed by atoms with Crippen LogP contribution in [0.2, 0.25) is 5.02 Å². The summed E-state index contributed by atoms with van der Waals surface area (Å²) >= 11 is 6.16. The molecule has 0 saturated carbocycles. The quantitative estimate of drug-likeness (QED) is 0.0604. The Morgan fingerprint density at radius 3 is 1.79 bits per heavy atom. The number of aliphatic hydroxyl groups excluding tert-OH is 2. The zero-order valence-corrected chi connectivity index (χ0v) is 47.2. The predicted octanol–water partition coefficient (Wildman–Crippen LogP) is -0.927. The monoisotopic (exact) mass is 1140 g/mol. The molecule has 24 heteroatoms. The lowest BCUT2D eigenvalue weighted by atomic mass is 9.88. The summed E-state index contributed by atoms with van der Waals surface area (Å²) in [6.45, 7) is 5.22. The summed E-state index contributed by atoms with van der Waals surface area (Å²) < 4.78 is 0. The summed E-state index contributed by atoms with van der Waals surface area (Å²) in [6.07, 6.45) is -5.44. The Labute approximate surface area is 473 Å². The lowest BCUT2D eigenvalue weighted by Gasteiger charge is -2.27. The summed E-state index contributed by atoms with van der Waals surface area (Å²) in [5.41, 5.74) is 31.2. The molecule has 0 aliphatic carbocycles. The molecule has 0 bridgehead atoms. The Bertz CT molecular complexity index is 2400. The topological polar surface area (TPSA) is 413 Å². The van der Waals surface area contributed by atoms with Crippen molar-refractivity contribution in [2.24, 2.45) is 58.3 Å². The fourth-order valence-corrected chi connectivity index (χ4v) is 9.75. The van der Waals surface area contributed by atoms with Crippen LogP contribution in [-0.2, 0) is 54.4 Å². The number of amides is 6. The first kappa shape index (κ1) is 68.2. The molecule has 6 amide bonds. The van der Waals surface area contributed by atoms with E-state index in [9.17, 15) is 58.2 Å². The number of hydrogen-bond donors (Lipinski definition) is 13. The molecule has 23 nitrogen and oxygen atoms in total. The highest BCUT2D eigenvalue weighted by molar-refractivity contribution is 6.30. The van der Waals surface area contributed by atoms with Gasteiger partial charge in [-0.2, -0.15) is 0 Å². The van der Waals surface area contributed by atoms with Crippen LogP contribution in [0, 0.1) is 29.6 Å². The highest BCUT2D eigenvalue weighted by Crippen LogP contribution is 2.25. The first-order valence-electron chi connectivity index (χ1n) is 27.5. The van der Waals surface area contributed by atoms with Gasteiger partial charge in [-0.05, 0) is 108 Å². The highest BCUT2D eigenvalue weighted by atomic mass is 35.5. The summed E-state index contributed by atoms with van der Waals surface area (Å²) in [4.78, 5) is 141. The van der Waals surface area contributed by atoms with Crippen LogP contribution in [0.4, 0.5) is 0 Å². The van der Waals surface area contributed by atoms with Crippen molar-refractivity contribution in [1.29, 1.82) is 0 Å². The van der Waals surface area contributed by atoms with Crippen molar-refractivity contribution in [3.05, 3.63) is 70.7 Å². The summed E-state index contributed by atoms with van der Waals surface area (Å²) in [5.74, 6) is -13.1. The van der Waals surface area contributed by atoms with Crippen molar-refractivity contribution in [3.63, 3.8) is 0 Å². The van der Waals surface area contributed by atoms with Crippen molar-refractivity contribution in [2.45, 2.75) is 147 Å². The Hall–Kier alpha value is -6.05. The minimum atomic E-state index is -1.46. The fraction of sp³-hybridized carbons (Fsp3) is 0.607. The van der Waals surface area contributed by atoms with E-state index in [-0.39, 0.29) is 83.6 Å². The van der Waals surface area contributed by atoms with Crippen LogP contribution in [0.25, 0.3) is 0 Å². The number of aliphatic hydroxyl groups is 2. The van der Waals surface area contributed by atoms with Crippen LogP contribution in [0.3, 0.4) is 0 Å². The van der Waals surface area contributed by atoms with Crippen molar-refractivity contribution in [2.75, 3.05) is 39.3 Å². The molecular formula is C56H86ClN11O12. The maximum atomic E-state index is 14.5. The summed E-state index contributed by atoms with van der Waals surface area (Å²) in [5, 5.41) is 37.9. The molecule has 1 fully saturated rings. The van der Waals surface area contributed by atoms with Gasteiger partial charge < -0.3 is 70.8 Å². The Kier molecular flexibility index (Phi) is 29.8. The molecule has 18 N–H and O–H groups in total. The second kappa shape index (κ2) is 34.9. The third kappa shape index (κ3) is 22.5. The maximum Gasteiger partial charge on any atom is 0.243 e. The predicted molar refractivity (Wildman–Crippen MR) is 301 cm³/mol. The van der Waals surface area contributed by atoms with Gasteiger partial charge in [-0.15, -0.1) is 0 Å². The molecule has 2 aromatic rings. The van der Waals surface area contributed by atoms with Crippen LogP contribution < -0.4 is 60.6 Å². The first-order chi connectivity index (χ1) is 38.0. The standard InChI is InChI=1S/C56H86ClN11O12/c1-31(2)21-46-56(80)66-45(15-19-60)55(79)65-44(14-18-59)50(74)28-42(33(4)70)53(77)63-20-16-36(51(75)64-43(13-17-58)48(72)26-37(52(76)67-46)22-34-9-6-5-7-10-34)25-49(73)47(30-62)68-54(78)41(32(3)69)27-40(71)24-38(29-61)35-11-8-12-39(57)23-35/h5-12,23,31-33,36-38,41-47,69-70H,13-22,24-30,58-62H2,1-4H3,(H,63,77)(H,64,75)(H,65,79)(H,66,80)(H,67,76)(H,68,78)/t32-,33-,36-,37+,38+,41+,42+,43+,44+,45+,46+,47+/m1/s1. The minimum absolute atomic E-state index is 0.0181. The molecule has 0 aromatic heterocycles. The van der Waals surface area contributed by atoms with E-state index in [1.165, 1.54) is 13.8 Å². The summed E-state index contributed by atoms with van der Waals surface area (Å²) in [6, 6.07) is 9.02. The number of halogens is 1. The fourth-order valence-electron chi connectivity index (χ4n) is 9.55. The van der Waals surface area contributed by atoms with Crippen molar-refractivity contribution < 1.29 is 58.2 Å². The van der Waals surface area contributed by atoms with Gasteiger partial charge in [-0.25, -0.2) is 0 Å². The van der Waals surface area contributed by atoms with Crippen LogP contribution in [0.5, 0.6) is 0 Å². The Balaban J connectivity index is 2.07. The smallest absolute Gasteiger partial charge is 0.243 e. The average molecular weight is 1140 g/mol. The van der Waals surface area contributed by atoms with Crippen LogP contribution in [0.1, 0.15) is 109 Å². The molecule has 1 heterocycles. The third-order valence-electron chi connectivity index (χ3n) is 14.2. The molecule has 2 aromatic carbocycles. The highest BCUT2D eigenvalue weighted by Gasteiger charge is 2.37. The number of nitrogens with one attached hydrogen (secondary N) is 6. The number of carbonyl (C=O) groups excluding carboxylic acids is 10. The largest absolute Gasteiger partial charge is 0.393 e. The van der Waals surface area contributed by atoms with Crippen molar-refractivity contribution >= 4 is 70.2 Å². The van der Waals surface area contributed by atoms with Crippen LogP contribution in [-0.4, -0.2) is 150 Å². The van der Waals surface area contributed by atoms with Gasteiger partial charge in [-0.3, -0.25) is 47.9 Å². The van der Waals surface area contributed by atoms with E-state index >= 15 is 0 Å². The number of rotatable bonds is 24. The van der Waals surface area contributed by atoms with E-state index in [0.29, 0.717) is 16.1 Å². The van der Waals surface area contributed by atoms with E-state index in [2.05, 4.69) is 31.9 Å². The van der Waals surface area contributed by atoms with Gasteiger partial charge in [0, 0.05) is 68.0 Å². The summed E-state index contributed by atoms with van der Waals surface area (Å²) in [7, 11) is 0. The average Bonchev–Trinajstić information content (AvgIpc) is 3.40. The molecule has 1 aliphatic rings. The maximum absolute atomic E-state index is 14.5. The van der Waals surface area contributed by atoms with Gasteiger partial charge in [0.1, 0.15) is 17.9 Å². The number of ketones is 4. The lowest BCUT2D eigenvalue weighted by molar-refractivity contribution is -0.137. The molecule has 0 spiro atoms. The van der Waals surface area contributed by atoms with Crippen molar-refractivity contribution in [1.82, 2.24) is 31.9 Å². The number of Topliss-reactive ketones (excluding diaryl/α,β-unsaturated/α-hetero) is 4. The van der Waals surface area contributed by atoms with Crippen LogP contribution in [0.15, 0.2) is 54.6 Å². The molecule has 0 unspecified atom stereocenters. The zero-order chi connectivity index (χ0) is 59.6. The lowest BCUT2D eigenvalue weighted by Crippen LogP contribution is -2.57. The number of nitrogens with two attached hydrogens (primary N) is 5. The number of carbonyl (C=O) groups is 10. The van der Waals surface area contributed by atoms with Gasteiger partial charge in [0.15, 0.2) is 17.3 Å². The molecule has 80 heavy (non-hydrogen) atoms. The Morgan fingerprint density at radius 2 is 1.23 bits per heavy atom. The molecule has 12 atom stereocenters. The normalized spacial score (nSPS) is 23.5. The van der Waals surface area contributed by atoms with Crippen molar-refractivity contribution in [3.8, 4) is 0 Å². The van der Waals surface area contributed by atoms with E-state index in [1.54, 1.807) is 54.6 Å². The third-order valence-corrected chi connectivity index (χ3v) is 14.5. The molecule has 0 radical (unpaired) electrons. The van der Waals surface area contributed by atoms with Gasteiger partial charge in [0.2, 0.25) is 35.4 Å². The Morgan fingerprint density at radius 1 is 0.662 bits per heavy atom. The van der Waals surface area contributed by atoms with E-state index < -0.39 is 163 Å². The van der Waals surface area contributed by atoms with Gasteiger partial charge in [0.25, 0.3) is 0 Å².